The van der Waals surface area contributed by atoms with Crippen molar-refractivity contribution in [3.8, 4) is 0 Å². The molecule has 1 fully saturated rings. The van der Waals surface area contributed by atoms with Crippen molar-refractivity contribution in [2.24, 2.45) is 0 Å². The summed E-state index contributed by atoms with van der Waals surface area (Å²) in [6, 6.07) is 12.0. The molecule has 0 atom stereocenters. The zero-order valence-electron chi connectivity index (χ0n) is 11.3. The molecule has 4 nitrogen and oxygen atoms in total. The molecule has 0 saturated heterocycles. The topological polar surface area (TPSA) is 46.1 Å². The first-order chi connectivity index (χ1) is 9.84. The molecule has 20 heavy (non-hydrogen) atoms. The molecular formula is C16H17N3O. The van der Waals surface area contributed by atoms with E-state index in [0.717, 1.165) is 24.5 Å². The van der Waals surface area contributed by atoms with Gasteiger partial charge < -0.3 is 4.90 Å². The fraction of sp³-hybridized carbons (Fsp3) is 0.312. The highest BCUT2D eigenvalue weighted by atomic mass is 16.1. The Hall–Kier alpha value is -2.23. The second kappa shape index (κ2) is 5.82. The predicted molar refractivity (Wildman–Crippen MR) is 77.9 cm³/mol. The summed E-state index contributed by atoms with van der Waals surface area (Å²) < 4.78 is 0. The second-order valence-electron chi connectivity index (χ2n) is 5.02. The van der Waals surface area contributed by atoms with Gasteiger partial charge in [0.05, 0.1) is 0 Å². The first kappa shape index (κ1) is 12.8. The molecule has 0 aliphatic heterocycles. The lowest BCUT2D eigenvalue weighted by Crippen LogP contribution is -2.35. The number of carbonyl (C=O) groups is 1. The van der Waals surface area contributed by atoms with Crippen LogP contribution >= 0.6 is 0 Å². The van der Waals surface area contributed by atoms with Gasteiger partial charge in [0.2, 0.25) is 0 Å². The average molecular weight is 267 g/mol. The molecule has 4 heteroatoms. The van der Waals surface area contributed by atoms with Gasteiger partial charge in [0, 0.05) is 31.3 Å². The second-order valence-corrected chi connectivity index (χ2v) is 5.02. The van der Waals surface area contributed by atoms with E-state index in [0.29, 0.717) is 18.6 Å². The maximum atomic E-state index is 11.5. The molecule has 102 valence electrons. The molecule has 0 N–H and O–H groups in total. The Kier molecular flexibility index (Phi) is 3.72. The van der Waals surface area contributed by atoms with E-state index in [1.807, 2.05) is 36.4 Å². The third-order valence-corrected chi connectivity index (χ3v) is 3.67. The van der Waals surface area contributed by atoms with Crippen molar-refractivity contribution < 1.29 is 4.79 Å². The van der Waals surface area contributed by atoms with Gasteiger partial charge in [0.15, 0.2) is 0 Å². The highest BCUT2D eigenvalue weighted by molar-refractivity contribution is 5.79. The van der Waals surface area contributed by atoms with Crippen LogP contribution in [0.1, 0.15) is 25.7 Å². The number of aromatic nitrogens is 2. The summed E-state index contributed by atoms with van der Waals surface area (Å²) in [7, 11) is 0. The smallest absolute Gasteiger partial charge is 0.134 e. The van der Waals surface area contributed by atoms with E-state index < -0.39 is 0 Å². The molecule has 2 heterocycles. The summed E-state index contributed by atoms with van der Waals surface area (Å²) in [5.41, 5.74) is 0. The molecule has 0 unspecified atom stereocenters. The molecule has 0 amide bonds. The van der Waals surface area contributed by atoms with Gasteiger partial charge in [0.25, 0.3) is 0 Å². The zero-order valence-corrected chi connectivity index (χ0v) is 11.3. The Morgan fingerprint density at radius 1 is 0.900 bits per heavy atom. The molecule has 3 rings (SSSR count). The summed E-state index contributed by atoms with van der Waals surface area (Å²) >= 11 is 0. The van der Waals surface area contributed by atoms with Crippen LogP contribution in [0.3, 0.4) is 0 Å². The molecule has 1 saturated carbocycles. The van der Waals surface area contributed by atoms with Gasteiger partial charge in [-0.2, -0.15) is 0 Å². The Balaban J connectivity index is 1.94. The summed E-state index contributed by atoms with van der Waals surface area (Å²) in [6.07, 6.45) is 6.62. The molecule has 0 aromatic carbocycles. The van der Waals surface area contributed by atoms with E-state index in [1.54, 1.807) is 12.4 Å². The van der Waals surface area contributed by atoms with Crippen LogP contribution < -0.4 is 4.90 Å². The number of ketones is 1. The highest BCUT2D eigenvalue weighted by Crippen LogP contribution is 2.30. The van der Waals surface area contributed by atoms with Crippen LogP contribution in [0.15, 0.2) is 48.8 Å². The quantitative estimate of drug-likeness (QED) is 0.857. The third-order valence-electron chi connectivity index (χ3n) is 3.67. The van der Waals surface area contributed by atoms with E-state index in [9.17, 15) is 4.79 Å². The number of carbonyl (C=O) groups excluding carboxylic acids is 1. The minimum atomic E-state index is 0.289. The average Bonchev–Trinajstić information content (AvgIpc) is 2.52. The van der Waals surface area contributed by atoms with E-state index in [2.05, 4.69) is 14.9 Å². The SMILES string of the molecule is O=C1CCC(N(c2ccccn2)c2ccccn2)CC1. The van der Waals surface area contributed by atoms with Gasteiger partial charge in [0.1, 0.15) is 17.4 Å². The standard InChI is InChI=1S/C16H17N3O/c20-14-9-7-13(8-10-14)19(15-5-1-3-11-17-15)16-6-2-4-12-18-16/h1-6,11-13H,7-10H2. The monoisotopic (exact) mass is 267 g/mol. The Morgan fingerprint density at radius 2 is 1.45 bits per heavy atom. The van der Waals surface area contributed by atoms with Gasteiger partial charge in [-0.05, 0) is 37.1 Å². The van der Waals surface area contributed by atoms with Crippen LogP contribution in [0, 0.1) is 0 Å². The van der Waals surface area contributed by atoms with Crippen LogP contribution in [0.4, 0.5) is 11.6 Å². The molecular weight excluding hydrogens is 250 g/mol. The van der Waals surface area contributed by atoms with Crippen molar-refractivity contribution in [2.45, 2.75) is 31.7 Å². The number of rotatable bonds is 3. The summed E-state index contributed by atoms with van der Waals surface area (Å²) in [6.45, 7) is 0. The van der Waals surface area contributed by atoms with Gasteiger partial charge in [-0.1, -0.05) is 12.1 Å². The fourth-order valence-corrected chi connectivity index (χ4v) is 2.67. The molecule has 0 bridgehead atoms. The Bertz CT molecular complexity index is 521. The van der Waals surface area contributed by atoms with E-state index >= 15 is 0 Å². The van der Waals surface area contributed by atoms with Crippen LogP contribution in [0.5, 0.6) is 0 Å². The lowest BCUT2D eigenvalue weighted by Gasteiger charge is -2.34. The minimum Gasteiger partial charge on any atom is -0.308 e. The normalized spacial score (nSPS) is 16.1. The maximum Gasteiger partial charge on any atom is 0.134 e. The Labute approximate surface area is 118 Å². The summed E-state index contributed by atoms with van der Waals surface area (Å²) in [5, 5.41) is 0. The van der Waals surface area contributed by atoms with Crippen molar-refractivity contribution in [3.63, 3.8) is 0 Å². The number of anilines is 2. The molecule has 2 aromatic rings. The zero-order chi connectivity index (χ0) is 13.8. The van der Waals surface area contributed by atoms with E-state index in [1.165, 1.54) is 0 Å². The first-order valence-electron chi connectivity index (χ1n) is 6.97. The summed E-state index contributed by atoms with van der Waals surface area (Å²) in [5.74, 6) is 2.15. The number of pyridine rings is 2. The van der Waals surface area contributed by atoms with Crippen molar-refractivity contribution in [1.82, 2.24) is 9.97 Å². The van der Waals surface area contributed by atoms with Crippen molar-refractivity contribution in [3.05, 3.63) is 48.8 Å². The largest absolute Gasteiger partial charge is 0.308 e. The van der Waals surface area contributed by atoms with E-state index in [-0.39, 0.29) is 6.04 Å². The molecule has 0 spiro atoms. The summed E-state index contributed by atoms with van der Waals surface area (Å²) in [4.78, 5) is 22.5. The molecule has 1 aliphatic carbocycles. The predicted octanol–water partition coefficient (Wildman–Crippen LogP) is 3.13. The number of nitrogens with zero attached hydrogens (tertiary/aromatic N) is 3. The third kappa shape index (κ3) is 2.69. The highest BCUT2D eigenvalue weighted by Gasteiger charge is 2.27. The molecule has 1 aliphatic rings. The van der Waals surface area contributed by atoms with Crippen LogP contribution in [0.25, 0.3) is 0 Å². The van der Waals surface area contributed by atoms with Crippen molar-refractivity contribution in [2.75, 3.05) is 4.90 Å². The minimum absolute atomic E-state index is 0.289. The number of hydrogen-bond donors (Lipinski definition) is 0. The molecule has 0 radical (unpaired) electrons. The lowest BCUT2D eigenvalue weighted by atomic mass is 9.93. The number of Topliss-reactive ketones (excluding diaryl/α,β-unsaturated/α-hetero) is 1. The maximum absolute atomic E-state index is 11.5. The number of hydrogen-bond acceptors (Lipinski definition) is 4. The first-order valence-corrected chi connectivity index (χ1v) is 6.97. The van der Waals surface area contributed by atoms with Crippen molar-refractivity contribution in [1.29, 1.82) is 0 Å². The van der Waals surface area contributed by atoms with Crippen LogP contribution in [-0.4, -0.2) is 21.8 Å². The van der Waals surface area contributed by atoms with Crippen LogP contribution in [0.2, 0.25) is 0 Å². The fourth-order valence-electron chi connectivity index (χ4n) is 2.67. The van der Waals surface area contributed by atoms with Gasteiger partial charge in [-0.25, -0.2) is 9.97 Å². The van der Waals surface area contributed by atoms with Crippen LogP contribution in [-0.2, 0) is 4.79 Å². The van der Waals surface area contributed by atoms with Gasteiger partial charge in [-0.3, -0.25) is 4.79 Å². The van der Waals surface area contributed by atoms with E-state index in [4.69, 9.17) is 0 Å². The van der Waals surface area contributed by atoms with Gasteiger partial charge in [-0.15, -0.1) is 0 Å². The Morgan fingerprint density at radius 3 is 1.90 bits per heavy atom. The molecule has 2 aromatic heterocycles. The lowest BCUT2D eigenvalue weighted by molar-refractivity contribution is -0.120. The van der Waals surface area contributed by atoms with Gasteiger partial charge >= 0.3 is 0 Å². The van der Waals surface area contributed by atoms with Crippen molar-refractivity contribution >= 4 is 17.4 Å².